The van der Waals surface area contributed by atoms with E-state index in [4.69, 9.17) is 4.74 Å². The fraction of sp³-hybridized carbons (Fsp3) is 0.500. The van der Waals surface area contributed by atoms with Gasteiger partial charge in [-0.25, -0.2) is 9.18 Å². The highest BCUT2D eigenvalue weighted by molar-refractivity contribution is 5.74. The lowest BCUT2D eigenvalue weighted by Crippen LogP contribution is -2.44. The van der Waals surface area contributed by atoms with Crippen molar-refractivity contribution in [3.8, 4) is 0 Å². The van der Waals surface area contributed by atoms with Crippen LogP contribution in [0.1, 0.15) is 25.0 Å². The van der Waals surface area contributed by atoms with E-state index in [0.717, 1.165) is 6.42 Å². The maximum absolute atomic E-state index is 12.7. The molecule has 0 radical (unpaired) electrons. The molecule has 0 heterocycles. The molecule has 1 rings (SSSR count). The topological polar surface area (TPSA) is 70.6 Å². The van der Waals surface area contributed by atoms with Crippen LogP contribution in [0.4, 0.5) is 9.18 Å². The van der Waals surface area contributed by atoms with Crippen LogP contribution in [0, 0.1) is 5.82 Å². The van der Waals surface area contributed by atoms with Crippen LogP contribution in [0.2, 0.25) is 0 Å². The zero-order valence-electron chi connectivity index (χ0n) is 11.7. The number of nitrogens with one attached hydrogen (secondary N) is 2. The fourth-order valence-electron chi connectivity index (χ4n) is 1.69. The van der Waals surface area contributed by atoms with Gasteiger partial charge in [-0.1, -0.05) is 19.1 Å². The minimum atomic E-state index is -0.871. The van der Waals surface area contributed by atoms with E-state index in [1.165, 1.54) is 24.3 Å². The second-order valence-corrected chi connectivity index (χ2v) is 4.48. The molecular formula is C14H21FN2O3. The summed E-state index contributed by atoms with van der Waals surface area (Å²) in [6.45, 7) is 2.43. The van der Waals surface area contributed by atoms with E-state index in [1.807, 2.05) is 6.92 Å². The maximum atomic E-state index is 12.7. The summed E-state index contributed by atoms with van der Waals surface area (Å²) in [6, 6.07) is 5.07. The van der Waals surface area contributed by atoms with Gasteiger partial charge in [-0.15, -0.1) is 0 Å². The number of rotatable bonds is 7. The minimum Gasteiger partial charge on any atom is -0.387 e. The molecule has 1 aromatic rings. The number of aliphatic hydroxyl groups is 1. The van der Waals surface area contributed by atoms with E-state index in [0.29, 0.717) is 12.2 Å². The standard InChI is InChI=1S/C14H21FN2O3/c1-3-12(9-20-2)17-14(19)16-8-13(18)10-4-6-11(15)7-5-10/h4-7,12-13,18H,3,8-9H2,1-2H3,(H2,16,17,19). The Hall–Kier alpha value is -1.66. The van der Waals surface area contributed by atoms with Crippen molar-refractivity contribution in [2.75, 3.05) is 20.3 Å². The summed E-state index contributed by atoms with van der Waals surface area (Å²) in [7, 11) is 1.57. The summed E-state index contributed by atoms with van der Waals surface area (Å²) in [5, 5.41) is 15.2. The lowest BCUT2D eigenvalue weighted by molar-refractivity contribution is 0.157. The molecular weight excluding hydrogens is 263 g/mol. The normalized spacial score (nSPS) is 13.6. The van der Waals surface area contributed by atoms with Gasteiger partial charge in [0.15, 0.2) is 0 Å². The highest BCUT2D eigenvalue weighted by atomic mass is 19.1. The van der Waals surface area contributed by atoms with Gasteiger partial charge in [0.25, 0.3) is 0 Å². The van der Waals surface area contributed by atoms with Crippen molar-refractivity contribution in [3.63, 3.8) is 0 Å². The molecule has 0 aliphatic rings. The predicted molar refractivity (Wildman–Crippen MR) is 73.8 cm³/mol. The minimum absolute atomic E-state index is 0.0564. The number of amides is 2. The average molecular weight is 284 g/mol. The number of methoxy groups -OCH3 is 1. The molecule has 2 amide bonds. The second-order valence-electron chi connectivity index (χ2n) is 4.48. The lowest BCUT2D eigenvalue weighted by atomic mass is 10.1. The van der Waals surface area contributed by atoms with Crippen LogP contribution in [0.15, 0.2) is 24.3 Å². The number of urea groups is 1. The van der Waals surface area contributed by atoms with E-state index in [-0.39, 0.29) is 24.4 Å². The van der Waals surface area contributed by atoms with Crippen molar-refractivity contribution < 1.29 is 19.0 Å². The van der Waals surface area contributed by atoms with Crippen molar-refractivity contribution in [2.24, 2.45) is 0 Å². The van der Waals surface area contributed by atoms with Crippen LogP contribution in [0.3, 0.4) is 0 Å². The molecule has 0 aliphatic heterocycles. The number of benzene rings is 1. The van der Waals surface area contributed by atoms with Gasteiger partial charge in [-0.3, -0.25) is 0 Å². The Morgan fingerprint density at radius 2 is 2.05 bits per heavy atom. The first-order chi connectivity index (χ1) is 9.56. The molecule has 3 N–H and O–H groups in total. The van der Waals surface area contributed by atoms with Gasteiger partial charge in [-0.05, 0) is 24.1 Å². The number of carbonyl (C=O) groups excluding carboxylic acids is 1. The van der Waals surface area contributed by atoms with E-state index in [1.54, 1.807) is 7.11 Å². The average Bonchev–Trinajstić information content (AvgIpc) is 2.45. The third-order valence-electron chi connectivity index (χ3n) is 2.91. The monoisotopic (exact) mass is 284 g/mol. The summed E-state index contributed by atoms with van der Waals surface area (Å²) in [6.07, 6.45) is -0.120. The summed E-state index contributed by atoms with van der Waals surface area (Å²) >= 11 is 0. The van der Waals surface area contributed by atoms with Crippen LogP contribution in [0.5, 0.6) is 0 Å². The fourth-order valence-corrected chi connectivity index (χ4v) is 1.69. The third-order valence-corrected chi connectivity index (χ3v) is 2.91. The Morgan fingerprint density at radius 1 is 1.40 bits per heavy atom. The van der Waals surface area contributed by atoms with Gasteiger partial charge in [0, 0.05) is 13.7 Å². The number of halogens is 1. The van der Waals surface area contributed by atoms with Gasteiger partial charge in [0.1, 0.15) is 5.82 Å². The van der Waals surface area contributed by atoms with Gasteiger partial charge in [0.2, 0.25) is 0 Å². The Morgan fingerprint density at radius 3 is 2.60 bits per heavy atom. The third kappa shape index (κ3) is 5.54. The molecule has 2 unspecified atom stereocenters. The van der Waals surface area contributed by atoms with Crippen LogP contribution >= 0.6 is 0 Å². The molecule has 20 heavy (non-hydrogen) atoms. The zero-order chi connectivity index (χ0) is 15.0. The van der Waals surface area contributed by atoms with E-state index in [9.17, 15) is 14.3 Å². The van der Waals surface area contributed by atoms with Gasteiger partial charge in [0.05, 0.1) is 18.8 Å². The Labute approximate surface area is 118 Å². The first kappa shape index (κ1) is 16.4. The van der Waals surface area contributed by atoms with Crippen molar-refractivity contribution in [2.45, 2.75) is 25.5 Å². The van der Waals surface area contributed by atoms with E-state index >= 15 is 0 Å². The Kier molecular flexibility index (Phi) is 6.97. The number of hydrogen-bond acceptors (Lipinski definition) is 3. The van der Waals surface area contributed by atoms with Crippen LogP contribution in [0.25, 0.3) is 0 Å². The molecule has 2 atom stereocenters. The first-order valence-corrected chi connectivity index (χ1v) is 6.53. The SMILES string of the molecule is CCC(COC)NC(=O)NCC(O)c1ccc(F)cc1. The van der Waals surface area contributed by atoms with Gasteiger partial charge < -0.3 is 20.5 Å². The molecule has 5 nitrogen and oxygen atoms in total. The summed E-state index contributed by atoms with van der Waals surface area (Å²) in [5.41, 5.74) is 0.552. The maximum Gasteiger partial charge on any atom is 0.315 e. The van der Waals surface area contributed by atoms with Crippen molar-refractivity contribution >= 4 is 6.03 Å². The molecule has 1 aromatic carbocycles. The molecule has 0 saturated heterocycles. The van der Waals surface area contributed by atoms with Gasteiger partial charge in [-0.2, -0.15) is 0 Å². The Balaban J connectivity index is 2.38. The van der Waals surface area contributed by atoms with Crippen molar-refractivity contribution in [1.29, 1.82) is 0 Å². The predicted octanol–water partition coefficient (Wildman–Crippen LogP) is 1.58. The first-order valence-electron chi connectivity index (χ1n) is 6.53. The molecule has 0 spiro atoms. The van der Waals surface area contributed by atoms with Crippen LogP contribution < -0.4 is 10.6 Å². The Bertz CT molecular complexity index is 411. The largest absolute Gasteiger partial charge is 0.387 e. The molecule has 0 aromatic heterocycles. The molecule has 0 fully saturated rings. The summed E-state index contributed by atoms with van der Waals surface area (Å²) < 4.78 is 17.7. The number of carbonyl (C=O) groups is 1. The van der Waals surface area contributed by atoms with Crippen LogP contribution in [-0.2, 0) is 4.74 Å². The van der Waals surface area contributed by atoms with E-state index in [2.05, 4.69) is 10.6 Å². The van der Waals surface area contributed by atoms with E-state index < -0.39 is 6.10 Å². The summed E-state index contributed by atoms with van der Waals surface area (Å²) in [4.78, 5) is 11.6. The molecule has 112 valence electrons. The zero-order valence-corrected chi connectivity index (χ0v) is 11.7. The quantitative estimate of drug-likeness (QED) is 0.712. The highest BCUT2D eigenvalue weighted by Gasteiger charge is 2.12. The van der Waals surface area contributed by atoms with Crippen molar-refractivity contribution in [1.82, 2.24) is 10.6 Å². The number of aliphatic hydroxyl groups excluding tert-OH is 1. The van der Waals surface area contributed by atoms with Crippen molar-refractivity contribution in [3.05, 3.63) is 35.6 Å². The second kappa shape index (κ2) is 8.50. The van der Waals surface area contributed by atoms with Gasteiger partial charge >= 0.3 is 6.03 Å². The molecule has 0 bridgehead atoms. The van der Waals surface area contributed by atoms with Crippen LogP contribution in [-0.4, -0.2) is 37.4 Å². The molecule has 0 aliphatic carbocycles. The molecule has 6 heteroatoms. The lowest BCUT2D eigenvalue weighted by Gasteiger charge is -2.18. The molecule has 0 saturated carbocycles. The summed E-state index contributed by atoms with van der Waals surface area (Å²) in [5.74, 6) is -0.364. The number of hydrogen-bond donors (Lipinski definition) is 3. The smallest absolute Gasteiger partial charge is 0.315 e. The highest BCUT2D eigenvalue weighted by Crippen LogP contribution is 2.12. The number of ether oxygens (including phenoxy) is 1.